The molecule has 2 rings (SSSR count). The molecule has 1 aromatic heterocycles. The highest BCUT2D eigenvalue weighted by atomic mass is 35.5. The monoisotopic (exact) mass is 282 g/mol. The van der Waals surface area contributed by atoms with Crippen LogP contribution in [0.3, 0.4) is 0 Å². The fourth-order valence-corrected chi connectivity index (χ4v) is 2.04. The highest BCUT2D eigenvalue weighted by Gasteiger charge is 2.09. The van der Waals surface area contributed by atoms with Crippen molar-refractivity contribution in [1.29, 1.82) is 0 Å². The van der Waals surface area contributed by atoms with Crippen molar-refractivity contribution in [3.8, 4) is 11.4 Å². The van der Waals surface area contributed by atoms with Crippen molar-refractivity contribution in [1.82, 2.24) is 9.97 Å². The zero-order valence-corrected chi connectivity index (χ0v) is 11.3. The molecule has 0 fully saturated rings. The number of benzene rings is 1. The molecule has 0 radical (unpaired) electrons. The van der Waals surface area contributed by atoms with Crippen molar-refractivity contribution < 1.29 is 0 Å². The summed E-state index contributed by atoms with van der Waals surface area (Å²) in [5.41, 5.74) is 4.14. The van der Waals surface area contributed by atoms with Gasteiger partial charge in [-0.1, -0.05) is 30.1 Å². The highest BCUT2D eigenvalue weighted by molar-refractivity contribution is 6.36. The first-order valence-electron chi connectivity index (χ1n) is 5.44. The Morgan fingerprint density at radius 3 is 2.61 bits per heavy atom. The van der Waals surface area contributed by atoms with Crippen molar-refractivity contribution in [3.05, 3.63) is 40.0 Å². The van der Waals surface area contributed by atoms with Crippen LogP contribution in [-0.4, -0.2) is 9.97 Å². The van der Waals surface area contributed by atoms with E-state index in [9.17, 15) is 0 Å². The lowest BCUT2D eigenvalue weighted by atomic mass is 10.2. The first-order chi connectivity index (χ1) is 8.63. The molecule has 1 aromatic carbocycles. The number of nitrogen functional groups attached to an aromatic ring is 1. The van der Waals surface area contributed by atoms with Crippen LogP contribution in [0.1, 0.15) is 12.6 Å². The molecule has 0 aliphatic heterocycles. The van der Waals surface area contributed by atoms with Gasteiger partial charge >= 0.3 is 0 Å². The molecule has 0 aliphatic rings. The molecule has 0 bridgehead atoms. The van der Waals surface area contributed by atoms with E-state index in [0.717, 1.165) is 17.7 Å². The third kappa shape index (κ3) is 2.72. The van der Waals surface area contributed by atoms with E-state index in [4.69, 9.17) is 29.0 Å². The van der Waals surface area contributed by atoms with Crippen LogP contribution in [0.2, 0.25) is 10.0 Å². The normalized spacial score (nSPS) is 10.4. The first kappa shape index (κ1) is 13.1. The van der Waals surface area contributed by atoms with Crippen LogP contribution in [0.15, 0.2) is 24.3 Å². The van der Waals surface area contributed by atoms with Gasteiger partial charge < -0.3 is 5.43 Å². The number of hydrazine groups is 1. The van der Waals surface area contributed by atoms with Crippen molar-refractivity contribution in [3.63, 3.8) is 0 Å². The van der Waals surface area contributed by atoms with Gasteiger partial charge in [0.05, 0.1) is 5.02 Å². The summed E-state index contributed by atoms with van der Waals surface area (Å²) in [6.45, 7) is 2.01. The summed E-state index contributed by atoms with van der Waals surface area (Å²) in [5.74, 6) is 6.48. The van der Waals surface area contributed by atoms with Crippen molar-refractivity contribution in [2.75, 3.05) is 5.43 Å². The van der Waals surface area contributed by atoms with E-state index in [-0.39, 0.29) is 0 Å². The maximum Gasteiger partial charge on any atom is 0.163 e. The Hall–Kier alpha value is -1.36. The first-order valence-corrected chi connectivity index (χ1v) is 6.19. The molecule has 4 nitrogen and oxygen atoms in total. The molecule has 3 N–H and O–H groups in total. The minimum atomic E-state index is 0.513. The van der Waals surface area contributed by atoms with Crippen LogP contribution in [0.5, 0.6) is 0 Å². The second-order valence-electron chi connectivity index (χ2n) is 3.69. The quantitative estimate of drug-likeness (QED) is 0.670. The zero-order valence-electron chi connectivity index (χ0n) is 9.74. The van der Waals surface area contributed by atoms with E-state index in [1.807, 2.05) is 6.92 Å². The summed E-state index contributed by atoms with van der Waals surface area (Å²) in [6.07, 6.45) is 0.787. The number of rotatable bonds is 3. The van der Waals surface area contributed by atoms with Gasteiger partial charge in [0.2, 0.25) is 0 Å². The van der Waals surface area contributed by atoms with E-state index < -0.39 is 0 Å². The second kappa shape index (κ2) is 5.52. The van der Waals surface area contributed by atoms with Crippen LogP contribution < -0.4 is 11.3 Å². The Balaban J connectivity index is 2.55. The number of halogens is 2. The molecule has 0 unspecified atom stereocenters. The molecule has 1 heterocycles. The van der Waals surface area contributed by atoms with Crippen molar-refractivity contribution in [2.24, 2.45) is 5.84 Å². The summed E-state index contributed by atoms with van der Waals surface area (Å²) in [6, 6.07) is 7.00. The molecule has 94 valence electrons. The van der Waals surface area contributed by atoms with Gasteiger partial charge in [-0.05, 0) is 24.6 Å². The predicted molar refractivity (Wildman–Crippen MR) is 74.7 cm³/mol. The number of aryl methyl sites for hydroxylation is 1. The van der Waals surface area contributed by atoms with E-state index in [2.05, 4.69) is 15.4 Å². The van der Waals surface area contributed by atoms with Crippen molar-refractivity contribution >= 4 is 29.0 Å². The van der Waals surface area contributed by atoms with Crippen LogP contribution >= 0.6 is 23.2 Å². The van der Waals surface area contributed by atoms with E-state index in [1.54, 1.807) is 24.3 Å². The van der Waals surface area contributed by atoms with Gasteiger partial charge in [-0.3, -0.25) is 0 Å². The fourth-order valence-electron chi connectivity index (χ4n) is 1.54. The largest absolute Gasteiger partial charge is 0.308 e. The van der Waals surface area contributed by atoms with Gasteiger partial charge in [0.15, 0.2) is 5.82 Å². The number of nitrogens with one attached hydrogen (secondary N) is 1. The standard InChI is InChI=1S/C12H12Cl2N4/c1-2-8-6-11(18-15)17-12(16-8)9-4-3-7(13)5-10(9)14/h3-6H,2,15H2,1H3,(H,16,17,18). The summed E-state index contributed by atoms with van der Waals surface area (Å²) < 4.78 is 0. The Bertz CT molecular complexity index is 550. The number of anilines is 1. The minimum absolute atomic E-state index is 0.513. The molecule has 6 heteroatoms. The van der Waals surface area contributed by atoms with Gasteiger partial charge in [-0.25, -0.2) is 15.8 Å². The average Bonchev–Trinajstić information content (AvgIpc) is 2.38. The van der Waals surface area contributed by atoms with Crippen molar-refractivity contribution in [2.45, 2.75) is 13.3 Å². The fraction of sp³-hybridized carbons (Fsp3) is 0.167. The minimum Gasteiger partial charge on any atom is -0.308 e. The molecule has 0 aliphatic carbocycles. The van der Waals surface area contributed by atoms with Gasteiger partial charge in [-0.2, -0.15) is 0 Å². The molecule has 2 aromatic rings. The molecule has 0 saturated heterocycles. The molecule has 18 heavy (non-hydrogen) atoms. The van der Waals surface area contributed by atoms with Crippen LogP contribution in [-0.2, 0) is 6.42 Å². The Morgan fingerprint density at radius 1 is 1.22 bits per heavy atom. The lowest BCUT2D eigenvalue weighted by molar-refractivity contribution is 1.00. The molecular weight excluding hydrogens is 271 g/mol. The Morgan fingerprint density at radius 2 is 2.00 bits per heavy atom. The van der Waals surface area contributed by atoms with E-state index >= 15 is 0 Å². The lowest BCUT2D eigenvalue weighted by Crippen LogP contribution is -2.10. The van der Waals surface area contributed by atoms with Gasteiger partial charge in [-0.15, -0.1) is 0 Å². The smallest absolute Gasteiger partial charge is 0.163 e. The number of hydrogen-bond donors (Lipinski definition) is 2. The van der Waals surface area contributed by atoms with E-state index in [0.29, 0.717) is 21.7 Å². The maximum atomic E-state index is 6.14. The highest BCUT2D eigenvalue weighted by Crippen LogP contribution is 2.28. The number of nitrogens with two attached hydrogens (primary N) is 1. The van der Waals surface area contributed by atoms with Gasteiger partial charge in [0.25, 0.3) is 0 Å². The maximum absolute atomic E-state index is 6.14. The second-order valence-corrected chi connectivity index (χ2v) is 4.53. The molecule has 0 saturated carbocycles. The molecule has 0 atom stereocenters. The molecular formula is C12H12Cl2N4. The van der Waals surface area contributed by atoms with Crippen LogP contribution in [0, 0.1) is 0 Å². The van der Waals surface area contributed by atoms with Gasteiger partial charge in [0.1, 0.15) is 5.82 Å². The summed E-state index contributed by atoms with van der Waals surface area (Å²) in [4.78, 5) is 8.71. The number of aromatic nitrogens is 2. The summed E-state index contributed by atoms with van der Waals surface area (Å²) in [5, 5.41) is 1.09. The number of hydrogen-bond acceptors (Lipinski definition) is 4. The number of nitrogens with zero attached hydrogens (tertiary/aromatic N) is 2. The molecule has 0 spiro atoms. The average molecular weight is 283 g/mol. The lowest BCUT2D eigenvalue weighted by Gasteiger charge is -2.08. The van der Waals surface area contributed by atoms with Gasteiger partial charge in [0, 0.05) is 22.3 Å². The Kier molecular flexibility index (Phi) is 4.01. The predicted octanol–water partition coefficient (Wildman–Crippen LogP) is 3.30. The Labute approximate surface area is 115 Å². The summed E-state index contributed by atoms with van der Waals surface area (Å²) >= 11 is 12.0. The third-order valence-corrected chi connectivity index (χ3v) is 3.01. The van der Waals surface area contributed by atoms with Crippen LogP contribution in [0.25, 0.3) is 11.4 Å². The molecule has 0 amide bonds. The van der Waals surface area contributed by atoms with E-state index in [1.165, 1.54) is 0 Å². The SMILES string of the molecule is CCc1cc(NN)nc(-c2ccc(Cl)cc2Cl)n1. The topological polar surface area (TPSA) is 63.8 Å². The third-order valence-electron chi connectivity index (χ3n) is 2.46. The van der Waals surface area contributed by atoms with Crippen LogP contribution in [0.4, 0.5) is 5.82 Å². The summed E-state index contributed by atoms with van der Waals surface area (Å²) in [7, 11) is 0. The zero-order chi connectivity index (χ0) is 13.1.